The number of benzene rings is 2. The molecule has 176 valence electrons. The average molecular weight is 475 g/mol. The summed E-state index contributed by atoms with van der Waals surface area (Å²) in [6.45, 7) is 6.24. The fourth-order valence-corrected chi connectivity index (χ4v) is 4.92. The van der Waals surface area contributed by atoms with Crippen LogP contribution in [-0.2, 0) is 4.79 Å². The number of fused-ring (bicyclic) bond motifs is 1. The fourth-order valence-electron chi connectivity index (χ4n) is 3.97. The minimum atomic E-state index is -0.609. The van der Waals surface area contributed by atoms with Gasteiger partial charge in [-0.25, -0.2) is 0 Å². The molecule has 1 atom stereocenters. The molecule has 6 nitrogen and oxygen atoms in total. The third-order valence-electron chi connectivity index (χ3n) is 6.22. The third kappa shape index (κ3) is 5.65. The van der Waals surface area contributed by atoms with E-state index in [0.717, 1.165) is 41.5 Å². The number of rotatable bonds is 7. The summed E-state index contributed by atoms with van der Waals surface area (Å²) in [5.74, 6) is -0.466. The zero-order chi connectivity index (χ0) is 24.1. The van der Waals surface area contributed by atoms with Crippen LogP contribution in [0.5, 0.6) is 0 Å². The van der Waals surface area contributed by atoms with Gasteiger partial charge in [0, 0.05) is 48.2 Å². The lowest BCUT2D eigenvalue weighted by molar-refractivity contribution is -0.117. The van der Waals surface area contributed by atoms with Crippen LogP contribution < -0.4 is 10.2 Å². The van der Waals surface area contributed by atoms with Crippen LogP contribution in [0.2, 0.25) is 0 Å². The molecular weight excluding hydrogens is 444 g/mol. The van der Waals surface area contributed by atoms with Crippen molar-refractivity contribution in [2.45, 2.75) is 19.4 Å². The number of nitriles is 1. The van der Waals surface area contributed by atoms with Gasteiger partial charge in [0.2, 0.25) is 0 Å². The fraction of sp³-hybridized carbons (Fsp3) is 0.333. The van der Waals surface area contributed by atoms with Crippen LogP contribution in [0.1, 0.15) is 18.2 Å². The van der Waals surface area contributed by atoms with Gasteiger partial charge in [-0.2, -0.15) is 5.26 Å². The summed E-state index contributed by atoms with van der Waals surface area (Å²) in [5, 5.41) is 24.1. The van der Waals surface area contributed by atoms with Gasteiger partial charge in [-0.05, 0) is 66.2 Å². The minimum absolute atomic E-state index is 0.0339. The van der Waals surface area contributed by atoms with Gasteiger partial charge in [0.05, 0.1) is 6.10 Å². The zero-order valence-corrected chi connectivity index (χ0v) is 20.4. The molecule has 0 spiro atoms. The molecule has 2 N–H and O–H groups in total. The van der Waals surface area contributed by atoms with E-state index < -0.39 is 12.0 Å². The molecule has 3 aromatic rings. The maximum atomic E-state index is 12.3. The van der Waals surface area contributed by atoms with Crippen LogP contribution in [0, 0.1) is 11.3 Å². The van der Waals surface area contributed by atoms with E-state index in [9.17, 15) is 15.2 Å². The normalized spacial score (nSPS) is 15.8. The second-order valence-electron chi connectivity index (χ2n) is 8.68. The average Bonchev–Trinajstić information content (AvgIpc) is 3.34. The van der Waals surface area contributed by atoms with Crippen molar-refractivity contribution in [2.24, 2.45) is 0 Å². The van der Waals surface area contributed by atoms with Gasteiger partial charge in [-0.3, -0.25) is 4.79 Å². The molecule has 7 heteroatoms. The van der Waals surface area contributed by atoms with Crippen LogP contribution in [0.25, 0.3) is 27.3 Å². The summed E-state index contributed by atoms with van der Waals surface area (Å²) >= 11 is 1.54. The Morgan fingerprint density at radius 1 is 1.15 bits per heavy atom. The number of nitrogens with one attached hydrogen (secondary N) is 1. The molecule has 0 aliphatic carbocycles. The summed E-state index contributed by atoms with van der Waals surface area (Å²) in [5.41, 5.74) is 2.41. The number of aliphatic hydroxyl groups is 1. The van der Waals surface area contributed by atoms with Gasteiger partial charge in [0.15, 0.2) is 0 Å². The van der Waals surface area contributed by atoms with Gasteiger partial charge >= 0.3 is 0 Å². The third-order valence-corrected chi connectivity index (χ3v) is 7.31. The Morgan fingerprint density at radius 2 is 1.88 bits per heavy atom. The molecular formula is C27H30N4O2S. The summed E-state index contributed by atoms with van der Waals surface area (Å²) in [7, 11) is 2.17. The topological polar surface area (TPSA) is 79.6 Å². The molecule has 34 heavy (non-hydrogen) atoms. The monoisotopic (exact) mass is 474 g/mol. The quantitative estimate of drug-likeness (QED) is 0.398. The Balaban J connectivity index is 1.50. The molecule has 4 rings (SSSR count). The van der Waals surface area contributed by atoms with Crippen molar-refractivity contribution >= 4 is 39.8 Å². The number of nitrogens with zero attached hydrogens (tertiary/aromatic N) is 3. The highest BCUT2D eigenvalue weighted by atomic mass is 32.1. The van der Waals surface area contributed by atoms with Crippen LogP contribution in [-0.4, -0.2) is 61.8 Å². The second kappa shape index (κ2) is 10.8. The standard InChI is InChI=1S/C27H30N4O2S/c1-3-24(32)18-29-27(33)22(17-28)16-25-8-9-26(34-25)21-5-4-20-15-23(7-6-19(20)14-21)31-12-10-30(2)11-13-31/h4-9,14-16,24,32H,3,10-13,18H2,1-2H3,(H,29,33)/b22-16+. The molecule has 1 saturated heterocycles. The Kier molecular flexibility index (Phi) is 7.63. The lowest BCUT2D eigenvalue weighted by atomic mass is 10.0. The number of carbonyl (C=O) groups excluding carboxylic acids is 1. The Bertz CT molecular complexity index is 1230. The smallest absolute Gasteiger partial charge is 0.262 e. The van der Waals surface area contributed by atoms with Gasteiger partial charge in [-0.15, -0.1) is 11.3 Å². The molecule has 0 bridgehead atoms. The van der Waals surface area contributed by atoms with Crippen molar-refractivity contribution in [1.82, 2.24) is 10.2 Å². The number of carbonyl (C=O) groups is 1. The largest absolute Gasteiger partial charge is 0.391 e. The molecule has 0 radical (unpaired) electrons. The summed E-state index contributed by atoms with van der Waals surface area (Å²) < 4.78 is 0. The van der Waals surface area contributed by atoms with E-state index in [1.807, 2.05) is 25.1 Å². The van der Waals surface area contributed by atoms with E-state index in [-0.39, 0.29) is 12.1 Å². The molecule has 1 fully saturated rings. The highest BCUT2D eigenvalue weighted by Crippen LogP contribution is 2.32. The maximum absolute atomic E-state index is 12.3. The van der Waals surface area contributed by atoms with Crippen molar-refractivity contribution < 1.29 is 9.90 Å². The molecule has 2 heterocycles. The number of piperazine rings is 1. The summed E-state index contributed by atoms with van der Waals surface area (Å²) in [4.78, 5) is 19.0. The number of aliphatic hydroxyl groups excluding tert-OH is 1. The Hall–Kier alpha value is -3.18. The molecule has 1 aliphatic rings. The van der Waals surface area contributed by atoms with Gasteiger partial charge < -0.3 is 20.2 Å². The van der Waals surface area contributed by atoms with E-state index in [1.54, 1.807) is 17.4 Å². The number of anilines is 1. The van der Waals surface area contributed by atoms with E-state index in [4.69, 9.17) is 0 Å². The van der Waals surface area contributed by atoms with E-state index in [0.29, 0.717) is 6.42 Å². The molecule has 1 aliphatic heterocycles. The van der Waals surface area contributed by atoms with Gasteiger partial charge in [0.25, 0.3) is 5.91 Å². The van der Waals surface area contributed by atoms with Crippen LogP contribution in [0.4, 0.5) is 5.69 Å². The minimum Gasteiger partial charge on any atom is -0.391 e. The first-order chi connectivity index (χ1) is 16.5. The maximum Gasteiger partial charge on any atom is 0.262 e. The zero-order valence-electron chi connectivity index (χ0n) is 19.6. The first kappa shape index (κ1) is 24.0. The highest BCUT2D eigenvalue weighted by Gasteiger charge is 2.15. The van der Waals surface area contributed by atoms with Gasteiger partial charge in [-0.1, -0.05) is 25.1 Å². The first-order valence-electron chi connectivity index (χ1n) is 11.6. The molecule has 1 amide bonds. The van der Waals surface area contributed by atoms with Crippen LogP contribution in [0.15, 0.2) is 54.1 Å². The predicted molar refractivity (Wildman–Crippen MR) is 140 cm³/mol. The lowest BCUT2D eigenvalue weighted by Gasteiger charge is -2.34. The number of thiophene rings is 1. The number of hydrogen-bond donors (Lipinski definition) is 2. The van der Waals surface area contributed by atoms with Crippen molar-refractivity contribution in [1.29, 1.82) is 5.26 Å². The molecule has 1 unspecified atom stereocenters. The van der Waals surface area contributed by atoms with E-state index in [1.165, 1.54) is 16.5 Å². The van der Waals surface area contributed by atoms with Crippen LogP contribution in [0.3, 0.4) is 0 Å². The lowest BCUT2D eigenvalue weighted by Crippen LogP contribution is -2.44. The van der Waals surface area contributed by atoms with Crippen molar-refractivity contribution in [3.8, 4) is 16.5 Å². The van der Waals surface area contributed by atoms with E-state index >= 15 is 0 Å². The molecule has 1 aromatic heterocycles. The van der Waals surface area contributed by atoms with Crippen LogP contribution >= 0.6 is 11.3 Å². The molecule has 2 aromatic carbocycles. The summed E-state index contributed by atoms with van der Waals surface area (Å²) in [6.07, 6.45) is 1.54. The SMILES string of the molecule is CCC(O)CNC(=O)/C(C#N)=C/c1ccc(-c2ccc3cc(N4CCN(C)CC4)ccc3c2)s1. The summed E-state index contributed by atoms with van der Waals surface area (Å²) in [6, 6.07) is 19.0. The van der Waals surface area contributed by atoms with Crippen molar-refractivity contribution in [3.05, 3.63) is 59.0 Å². The van der Waals surface area contributed by atoms with Crippen molar-refractivity contribution in [2.75, 3.05) is 44.7 Å². The first-order valence-corrected chi connectivity index (χ1v) is 12.4. The number of hydrogen-bond acceptors (Lipinski definition) is 6. The number of amides is 1. The molecule has 0 saturated carbocycles. The van der Waals surface area contributed by atoms with Crippen molar-refractivity contribution in [3.63, 3.8) is 0 Å². The highest BCUT2D eigenvalue weighted by molar-refractivity contribution is 7.16. The predicted octanol–water partition coefficient (Wildman–Crippen LogP) is 4.11. The Morgan fingerprint density at radius 3 is 2.62 bits per heavy atom. The van der Waals surface area contributed by atoms with Gasteiger partial charge in [0.1, 0.15) is 11.6 Å². The number of likely N-dealkylation sites (N-methyl/N-ethyl adjacent to an activating group) is 1. The van der Waals surface area contributed by atoms with E-state index in [2.05, 4.69) is 58.6 Å². The second-order valence-corrected chi connectivity index (χ2v) is 9.80. The Labute approximate surface area is 204 Å².